The molecular weight excluding hydrogens is 409 g/mol. The van der Waals surface area contributed by atoms with E-state index in [1.807, 2.05) is 30.3 Å². The zero-order valence-corrected chi connectivity index (χ0v) is 16.6. The van der Waals surface area contributed by atoms with Gasteiger partial charge in [0.15, 0.2) is 0 Å². The van der Waals surface area contributed by atoms with Crippen LogP contribution in [0, 0.1) is 0 Å². The van der Waals surface area contributed by atoms with Crippen LogP contribution in [0.3, 0.4) is 0 Å². The Balaban J connectivity index is 1.82. The SMILES string of the molecule is O=C(NNc1c(Cl)cc(Cl)cc1Cl)C(c1ccccc1)N1CCCCC1=O. The molecule has 1 heterocycles. The van der Waals surface area contributed by atoms with Crippen LogP contribution in [-0.4, -0.2) is 23.3 Å². The first-order valence-corrected chi connectivity index (χ1v) is 9.65. The largest absolute Gasteiger partial charge is 0.326 e. The van der Waals surface area contributed by atoms with E-state index in [2.05, 4.69) is 10.9 Å². The lowest BCUT2D eigenvalue weighted by Gasteiger charge is -2.34. The van der Waals surface area contributed by atoms with Crippen LogP contribution in [0.2, 0.25) is 15.1 Å². The number of carbonyl (C=O) groups excluding carboxylic acids is 2. The second-order valence-electron chi connectivity index (χ2n) is 6.22. The normalized spacial score (nSPS) is 15.4. The number of nitrogens with one attached hydrogen (secondary N) is 2. The molecule has 2 N–H and O–H groups in total. The van der Waals surface area contributed by atoms with Crippen molar-refractivity contribution in [2.75, 3.05) is 12.0 Å². The number of halogens is 3. The standard InChI is InChI=1S/C19H18Cl3N3O2/c20-13-10-14(21)17(15(22)11-13)23-24-19(27)18(12-6-2-1-3-7-12)25-9-5-4-8-16(25)26/h1-3,6-7,10-11,18,23H,4-5,8-9H2,(H,24,27). The second-order valence-corrected chi connectivity index (χ2v) is 7.47. The van der Waals surface area contributed by atoms with Gasteiger partial charge in [-0.05, 0) is 30.5 Å². The number of benzene rings is 2. The molecule has 0 radical (unpaired) electrons. The molecule has 0 aromatic heterocycles. The zero-order chi connectivity index (χ0) is 19.4. The molecule has 2 aromatic carbocycles. The number of nitrogens with zero attached hydrogens (tertiary/aromatic N) is 1. The molecule has 1 aliphatic heterocycles. The van der Waals surface area contributed by atoms with Gasteiger partial charge in [-0.1, -0.05) is 65.1 Å². The van der Waals surface area contributed by atoms with E-state index in [-0.39, 0.29) is 21.9 Å². The van der Waals surface area contributed by atoms with Crippen LogP contribution in [0.5, 0.6) is 0 Å². The van der Waals surface area contributed by atoms with Gasteiger partial charge in [0, 0.05) is 18.0 Å². The maximum Gasteiger partial charge on any atom is 0.265 e. The third-order valence-corrected chi connectivity index (χ3v) is 5.17. The Bertz CT molecular complexity index is 822. The topological polar surface area (TPSA) is 61.4 Å². The Morgan fingerprint density at radius 3 is 2.33 bits per heavy atom. The Hall–Kier alpha value is -1.95. The van der Waals surface area contributed by atoms with Crippen LogP contribution in [0.4, 0.5) is 5.69 Å². The number of piperidine rings is 1. The predicted molar refractivity (Wildman–Crippen MR) is 108 cm³/mol. The number of hydrogen-bond donors (Lipinski definition) is 2. The van der Waals surface area contributed by atoms with Crippen LogP contribution in [0.25, 0.3) is 0 Å². The van der Waals surface area contributed by atoms with Gasteiger partial charge in [-0.15, -0.1) is 0 Å². The van der Waals surface area contributed by atoms with Crippen molar-refractivity contribution in [2.45, 2.75) is 25.3 Å². The smallest absolute Gasteiger partial charge is 0.265 e. The van der Waals surface area contributed by atoms with Gasteiger partial charge in [0.25, 0.3) is 5.91 Å². The minimum Gasteiger partial charge on any atom is -0.326 e. The highest BCUT2D eigenvalue weighted by molar-refractivity contribution is 6.41. The summed E-state index contributed by atoms with van der Waals surface area (Å²) >= 11 is 18.2. The first kappa shape index (κ1) is 19.8. The lowest BCUT2D eigenvalue weighted by atomic mass is 10.0. The first-order valence-electron chi connectivity index (χ1n) is 8.52. The van der Waals surface area contributed by atoms with Crippen molar-refractivity contribution in [3.8, 4) is 0 Å². The molecule has 27 heavy (non-hydrogen) atoms. The van der Waals surface area contributed by atoms with Crippen molar-refractivity contribution in [3.63, 3.8) is 0 Å². The molecule has 0 bridgehead atoms. The summed E-state index contributed by atoms with van der Waals surface area (Å²) in [6.07, 6.45) is 2.15. The predicted octanol–water partition coefficient (Wildman–Crippen LogP) is 4.84. The highest BCUT2D eigenvalue weighted by Crippen LogP contribution is 2.33. The fraction of sp³-hybridized carbons (Fsp3) is 0.263. The van der Waals surface area contributed by atoms with Crippen LogP contribution < -0.4 is 10.9 Å². The van der Waals surface area contributed by atoms with Crippen molar-refractivity contribution >= 4 is 52.3 Å². The molecule has 8 heteroatoms. The molecule has 0 saturated carbocycles. The van der Waals surface area contributed by atoms with Crippen LogP contribution in [0.1, 0.15) is 30.9 Å². The van der Waals surface area contributed by atoms with Crippen molar-refractivity contribution < 1.29 is 9.59 Å². The highest BCUT2D eigenvalue weighted by atomic mass is 35.5. The third kappa shape index (κ3) is 4.67. The van der Waals surface area contributed by atoms with E-state index in [4.69, 9.17) is 34.8 Å². The molecule has 2 aromatic rings. The number of carbonyl (C=O) groups is 2. The number of likely N-dealkylation sites (tertiary alicyclic amines) is 1. The Morgan fingerprint density at radius 1 is 1.04 bits per heavy atom. The zero-order valence-electron chi connectivity index (χ0n) is 14.3. The van der Waals surface area contributed by atoms with Gasteiger partial charge in [0.05, 0.1) is 15.7 Å². The molecule has 0 aliphatic carbocycles. The summed E-state index contributed by atoms with van der Waals surface area (Å²) < 4.78 is 0. The Labute approximate surface area is 172 Å². The van der Waals surface area contributed by atoms with E-state index >= 15 is 0 Å². The molecule has 142 valence electrons. The molecule has 3 rings (SSSR count). The van der Waals surface area contributed by atoms with Crippen LogP contribution in [0.15, 0.2) is 42.5 Å². The molecule has 0 spiro atoms. The van der Waals surface area contributed by atoms with E-state index < -0.39 is 6.04 Å². The maximum absolute atomic E-state index is 13.0. The molecule has 1 fully saturated rings. The minimum absolute atomic E-state index is 0.0344. The number of hydrazine groups is 1. The number of anilines is 1. The molecule has 1 saturated heterocycles. The van der Waals surface area contributed by atoms with Gasteiger partial charge >= 0.3 is 0 Å². The summed E-state index contributed by atoms with van der Waals surface area (Å²) in [6, 6.07) is 11.5. The van der Waals surface area contributed by atoms with Crippen LogP contribution >= 0.6 is 34.8 Å². The van der Waals surface area contributed by atoms with E-state index in [1.54, 1.807) is 4.90 Å². The van der Waals surface area contributed by atoms with Gasteiger partial charge in [0.2, 0.25) is 5.91 Å². The number of amides is 2. The minimum atomic E-state index is -0.739. The lowest BCUT2D eigenvalue weighted by molar-refractivity contribution is -0.142. The summed E-state index contributed by atoms with van der Waals surface area (Å²) in [5, 5.41) is 0.944. The van der Waals surface area contributed by atoms with Gasteiger partial charge < -0.3 is 4.90 Å². The average molecular weight is 427 g/mol. The summed E-state index contributed by atoms with van der Waals surface area (Å²) in [6.45, 7) is 0.536. The summed E-state index contributed by atoms with van der Waals surface area (Å²) in [5.41, 5.74) is 6.45. The van der Waals surface area contributed by atoms with Gasteiger partial charge in [-0.25, -0.2) is 0 Å². The first-order chi connectivity index (χ1) is 13.0. The van der Waals surface area contributed by atoms with Crippen molar-refractivity contribution in [2.24, 2.45) is 0 Å². The van der Waals surface area contributed by atoms with Gasteiger partial charge in [-0.3, -0.25) is 20.4 Å². The molecule has 1 unspecified atom stereocenters. The van der Waals surface area contributed by atoms with E-state index in [9.17, 15) is 9.59 Å². The second kappa shape index (κ2) is 8.83. The lowest BCUT2D eigenvalue weighted by Crippen LogP contribution is -2.47. The fourth-order valence-corrected chi connectivity index (χ4v) is 3.97. The van der Waals surface area contributed by atoms with Crippen molar-refractivity contribution in [1.82, 2.24) is 10.3 Å². The average Bonchev–Trinajstić information content (AvgIpc) is 2.63. The number of rotatable bonds is 5. The Kier molecular flexibility index (Phi) is 6.47. The monoisotopic (exact) mass is 425 g/mol. The summed E-state index contributed by atoms with van der Waals surface area (Å²) in [5.74, 6) is -0.411. The van der Waals surface area contributed by atoms with Gasteiger partial charge in [0.1, 0.15) is 6.04 Å². The van der Waals surface area contributed by atoms with E-state index in [0.717, 1.165) is 18.4 Å². The maximum atomic E-state index is 13.0. The fourth-order valence-electron chi connectivity index (χ4n) is 3.06. The quantitative estimate of drug-likeness (QED) is 0.672. The number of hydrogen-bond acceptors (Lipinski definition) is 3. The molecule has 1 atom stereocenters. The molecular formula is C19H18Cl3N3O2. The van der Waals surface area contributed by atoms with Crippen molar-refractivity contribution in [1.29, 1.82) is 0 Å². The molecule has 5 nitrogen and oxygen atoms in total. The van der Waals surface area contributed by atoms with Crippen molar-refractivity contribution in [3.05, 3.63) is 63.1 Å². The van der Waals surface area contributed by atoms with Crippen LogP contribution in [-0.2, 0) is 9.59 Å². The highest BCUT2D eigenvalue weighted by Gasteiger charge is 2.32. The van der Waals surface area contributed by atoms with E-state index in [1.165, 1.54) is 12.1 Å². The summed E-state index contributed by atoms with van der Waals surface area (Å²) in [4.78, 5) is 27.0. The molecule has 2 amide bonds. The summed E-state index contributed by atoms with van der Waals surface area (Å²) in [7, 11) is 0. The van der Waals surface area contributed by atoms with Gasteiger partial charge in [-0.2, -0.15) is 0 Å². The Morgan fingerprint density at radius 2 is 1.70 bits per heavy atom. The third-order valence-electron chi connectivity index (χ3n) is 4.35. The van der Waals surface area contributed by atoms with E-state index in [0.29, 0.717) is 23.7 Å². The molecule has 1 aliphatic rings.